The van der Waals surface area contributed by atoms with Crippen molar-refractivity contribution >= 4 is 12.1 Å². The molecule has 1 saturated carbocycles. The fourth-order valence-corrected chi connectivity index (χ4v) is 4.71. The van der Waals surface area contributed by atoms with E-state index in [0.29, 0.717) is 43.9 Å². The number of ether oxygens (including phenoxy) is 3. The van der Waals surface area contributed by atoms with Gasteiger partial charge in [0, 0.05) is 17.7 Å². The van der Waals surface area contributed by atoms with E-state index < -0.39 is 35.9 Å². The number of nitrogens with one attached hydrogen (secondary N) is 2. The number of aliphatic carboxylic acids is 1. The van der Waals surface area contributed by atoms with Crippen molar-refractivity contribution in [3.63, 3.8) is 0 Å². The number of rotatable bonds is 8. The Hall–Kier alpha value is -2.46. The Balaban J connectivity index is 1.53. The predicted octanol–water partition coefficient (Wildman–Crippen LogP) is 4.12. The van der Waals surface area contributed by atoms with Crippen LogP contribution < -0.4 is 15.4 Å². The number of alkyl carbamates (subject to hydrolysis) is 1. The van der Waals surface area contributed by atoms with Gasteiger partial charge < -0.3 is 30.0 Å². The molecule has 35 heavy (non-hydrogen) atoms. The molecule has 2 aliphatic rings. The van der Waals surface area contributed by atoms with Crippen LogP contribution >= 0.6 is 0 Å². The van der Waals surface area contributed by atoms with Gasteiger partial charge in [0.2, 0.25) is 0 Å². The fraction of sp³-hybridized carbons (Fsp3) is 0.680. The van der Waals surface area contributed by atoms with Crippen LogP contribution in [0.2, 0.25) is 0 Å². The zero-order chi connectivity index (χ0) is 25.6. The molecule has 2 atom stereocenters. The summed E-state index contributed by atoms with van der Waals surface area (Å²) in [5.74, 6) is -3.19. The van der Waals surface area contributed by atoms with E-state index in [0.717, 1.165) is 19.4 Å². The van der Waals surface area contributed by atoms with Crippen molar-refractivity contribution in [3.05, 3.63) is 29.3 Å². The van der Waals surface area contributed by atoms with Gasteiger partial charge >= 0.3 is 12.1 Å². The van der Waals surface area contributed by atoms with Crippen LogP contribution in [0.3, 0.4) is 0 Å². The second-order valence-electron chi connectivity index (χ2n) is 10.3. The molecule has 3 N–H and O–H groups in total. The van der Waals surface area contributed by atoms with Gasteiger partial charge in [-0.05, 0) is 77.8 Å². The highest BCUT2D eigenvalue weighted by molar-refractivity contribution is 5.68. The van der Waals surface area contributed by atoms with Crippen molar-refractivity contribution in [1.82, 2.24) is 10.6 Å². The topological polar surface area (TPSA) is 106 Å². The van der Waals surface area contributed by atoms with E-state index in [-0.39, 0.29) is 29.9 Å². The average molecular weight is 499 g/mol. The maximum Gasteiger partial charge on any atom is 0.407 e. The number of carbonyl (C=O) groups excluding carboxylic acids is 1. The monoisotopic (exact) mass is 498 g/mol. The van der Waals surface area contributed by atoms with E-state index in [1.165, 1.54) is 6.07 Å². The van der Waals surface area contributed by atoms with Crippen molar-refractivity contribution in [1.29, 1.82) is 0 Å². The van der Waals surface area contributed by atoms with Crippen LogP contribution in [0.4, 0.5) is 13.6 Å². The van der Waals surface area contributed by atoms with Crippen molar-refractivity contribution in [2.75, 3.05) is 19.8 Å². The average Bonchev–Trinajstić information content (AvgIpc) is 2.76. The van der Waals surface area contributed by atoms with Crippen molar-refractivity contribution in [3.8, 4) is 5.75 Å². The van der Waals surface area contributed by atoms with Crippen molar-refractivity contribution < 1.29 is 37.7 Å². The molecule has 0 aromatic heterocycles. The number of halogens is 2. The minimum atomic E-state index is -1.23. The molecule has 196 valence electrons. The highest BCUT2D eigenvalue weighted by Gasteiger charge is 2.31. The molecule has 0 bridgehead atoms. The van der Waals surface area contributed by atoms with Gasteiger partial charge in [-0.1, -0.05) is 0 Å². The van der Waals surface area contributed by atoms with E-state index in [9.17, 15) is 18.4 Å². The Bertz CT molecular complexity index is 883. The van der Waals surface area contributed by atoms with Crippen molar-refractivity contribution in [2.45, 2.75) is 89.0 Å². The summed E-state index contributed by atoms with van der Waals surface area (Å²) in [6.07, 6.45) is 3.97. The quantitative estimate of drug-likeness (QED) is 0.495. The number of benzene rings is 1. The highest BCUT2D eigenvalue weighted by atomic mass is 19.1. The lowest BCUT2D eigenvalue weighted by atomic mass is 9.82. The summed E-state index contributed by atoms with van der Waals surface area (Å²) in [6.45, 7) is 6.04. The number of piperidine rings is 1. The van der Waals surface area contributed by atoms with Crippen molar-refractivity contribution in [2.24, 2.45) is 0 Å². The first-order chi connectivity index (χ1) is 16.5. The molecule has 0 spiro atoms. The summed E-state index contributed by atoms with van der Waals surface area (Å²) in [7, 11) is 0. The predicted molar refractivity (Wildman–Crippen MR) is 125 cm³/mol. The van der Waals surface area contributed by atoms with Gasteiger partial charge in [-0.2, -0.15) is 0 Å². The van der Waals surface area contributed by atoms with Crippen LogP contribution in [-0.4, -0.2) is 60.7 Å². The molecule has 2 unspecified atom stereocenters. The van der Waals surface area contributed by atoms with Crippen LogP contribution in [0.5, 0.6) is 5.75 Å². The summed E-state index contributed by atoms with van der Waals surface area (Å²) in [6, 6.07) is 1.79. The van der Waals surface area contributed by atoms with E-state index in [4.69, 9.17) is 19.3 Å². The lowest BCUT2D eigenvalue weighted by molar-refractivity contribution is -0.139. The molecule has 1 aliphatic carbocycles. The number of amides is 1. The lowest BCUT2D eigenvalue weighted by Gasteiger charge is -2.36. The minimum absolute atomic E-state index is 0.0149. The van der Waals surface area contributed by atoms with Crippen LogP contribution in [0.15, 0.2) is 12.1 Å². The first kappa shape index (κ1) is 27.1. The van der Waals surface area contributed by atoms with Gasteiger partial charge in [-0.15, -0.1) is 0 Å². The summed E-state index contributed by atoms with van der Waals surface area (Å²) < 4.78 is 44.9. The van der Waals surface area contributed by atoms with Gasteiger partial charge in [0.1, 0.15) is 11.4 Å². The Morgan fingerprint density at radius 2 is 1.86 bits per heavy atom. The fourth-order valence-electron chi connectivity index (χ4n) is 4.71. The first-order valence-corrected chi connectivity index (χ1v) is 12.2. The molecular weight excluding hydrogens is 462 g/mol. The normalized spacial score (nSPS) is 25.1. The zero-order valence-electron chi connectivity index (χ0n) is 20.6. The number of hydrogen-bond donors (Lipinski definition) is 3. The highest BCUT2D eigenvalue weighted by Crippen LogP contribution is 2.40. The summed E-state index contributed by atoms with van der Waals surface area (Å²) >= 11 is 0. The van der Waals surface area contributed by atoms with Gasteiger partial charge in [-0.25, -0.2) is 18.4 Å². The molecule has 1 aromatic rings. The third kappa shape index (κ3) is 8.31. The van der Waals surface area contributed by atoms with Gasteiger partial charge in [-0.3, -0.25) is 0 Å². The first-order valence-electron chi connectivity index (χ1n) is 12.2. The van der Waals surface area contributed by atoms with Gasteiger partial charge in [0.25, 0.3) is 0 Å². The molecule has 8 nitrogen and oxygen atoms in total. The van der Waals surface area contributed by atoms with Crippen LogP contribution in [0, 0.1) is 11.6 Å². The number of carboxylic acid groups (broad SMARTS) is 1. The number of carbonyl (C=O) groups is 2. The molecule has 1 aromatic carbocycles. The van der Waals surface area contributed by atoms with Crippen LogP contribution in [0.1, 0.15) is 70.8 Å². The maximum atomic E-state index is 14.3. The van der Waals surface area contributed by atoms with E-state index in [1.54, 1.807) is 0 Å². The molecule has 1 saturated heterocycles. The largest absolute Gasteiger partial charge is 0.479 e. The van der Waals surface area contributed by atoms with E-state index in [1.807, 2.05) is 20.8 Å². The van der Waals surface area contributed by atoms with Crippen LogP contribution in [-0.2, 0) is 14.3 Å². The third-order valence-corrected chi connectivity index (χ3v) is 6.29. The Labute approximate surface area is 204 Å². The Morgan fingerprint density at radius 3 is 2.51 bits per heavy atom. The standard InChI is InChI=1S/C25H36F2N2O6/c1-25(2,3)35-24(32)29-20-5-4-10-28-21(20)13-33-17-8-6-15(7-9-17)18-11-16(26)12-19(27)23(18)34-14-22(30)31/h11-12,15,17,20-21,28H,4-10,13-14H2,1-3H3,(H,29,32)(H,30,31). The van der Waals surface area contributed by atoms with Crippen LogP contribution in [0.25, 0.3) is 0 Å². The molecule has 2 fully saturated rings. The number of hydrogen-bond acceptors (Lipinski definition) is 6. The summed E-state index contributed by atoms with van der Waals surface area (Å²) in [5.41, 5.74) is -0.210. The van der Waals surface area contributed by atoms with Gasteiger partial charge in [0.05, 0.1) is 18.8 Å². The molecule has 3 rings (SSSR count). The third-order valence-electron chi connectivity index (χ3n) is 6.29. The maximum absolute atomic E-state index is 14.3. The second kappa shape index (κ2) is 12.0. The summed E-state index contributed by atoms with van der Waals surface area (Å²) in [5, 5.41) is 15.2. The SMILES string of the molecule is CC(C)(C)OC(=O)NC1CCCNC1COC1CCC(c2cc(F)cc(F)c2OCC(=O)O)CC1. The Kier molecular flexibility index (Phi) is 9.29. The van der Waals surface area contributed by atoms with Gasteiger partial charge in [0.15, 0.2) is 18.2 Å². The number of carboxylic acids is 1. The Morgan fingerprint density at radius 1 is 1.14 bits per heavy atom. The van der Waals surface area contributed by atoms with E-state index in [2.05, 4.69) is 10.6 Å². The molecular formula is C25H36F2N2O6. The minimum Gasteiger partial charge on any atom is -0.479 e. The zero-order valence-corrected chi connectivity index (χ0v) is 20.6. The second-order valence-corrected chi connectivity index (χ2v) is 10.3. The molecule has 0 radical (unpaired) electrons. The van der Waals surface area contributed by atoms with E-state index >= 15 is 0 Å². The molecule has 10 heteroatoms. The summed E-state index contributed by atoms with van der Waals surface area (Å²) in [4.78, 5) is 23.1. The molecule has 1 aliphatic heterocycles. The molecule has 1 heterocycles. The molecule has 1 amide bonds. The lowest BCUT2D eigenvalue weighted by Crippen LogP contribution is -2.56. The smallest absolute Gasteiger partial charge is 0.407 e.